The second-order valence-corrected chi connectivity index (χ2v) is 7.07. The van der Waals surface area contributed by atoms with Crippen LogP contribution in [0.15, 0.2) is 46.8 Å². The summed E-state index contributed by atoms with van der Waals surface area (Å²) in [5.74, 6) is 0.696. The molecule has 2 aromatic rings. The van der Waals surface area contributed by atoms with Gasteiger partial charge in [0, 0.05) is 23.0 Å². The number of halogens is 1. The fraction of sp³-hybridized carbons (Fsp3) is 0.389. The fourth-order valence-electron chi connectivity index (χ4n) is 2.25. The second-order valence-electron chi connectivity index (χ2n) is 5.71. The highest BCUT2D eigenvalue weighted by Crippen LogP contribution is 2.25. The minimum Gasteiger partial charge on any atom is -0.383 e. The van der Waals surface area contributed by atoms with Gasteiger partial charge in [0.05, 0.1) is 6.54 Å². The van der Waals surface area contributed by atoms with Crippen LogP contribution in [0.2, 0.25) is 5.02 Å². The third-order valence-electron chi connectivity index (χ3n) is 3.59. The van der Waals surface area contributed by atoms with Crippen molar-refractivity contribution in [3.63, 3.8) is 0 Å². The molecule has 1 aromatic heterocycles. The Morgan fingerprint density at radius 3 is 2.71 bits per heavy atom. The van der Waals surface area contributed by atoms with Gasteiger partial charge in [-0.05, 0) is 43.3 Å². The van der Waals surface area contributed by atoms with Crippen LogP contribution in [-0.2, 0) is 12.0 Å². The topological polar surface area (TPSA) is 56.7 Å². The third kappa shape index (κ3) is 5.51. The molecule has 130 valence electrons. The Kier molecular flexibility index (Phi) is 7.09. The van der Waals surface area contributed by atoms with Crippen LogP contribution < -0.4 is 10.6 Å². The van der Waals surface area contributed by atoms with Crippen LogP contribution in [-0.4, -0.2) is 30.7 Å². The Morgan fingerprint density at radius 1 is 1.25 bits per heavy atom. The van der Waals surface area contributed by atoms with Gasteiger partial charge in [-0.15, -0.1) is 11.3 Å². The molecule has 3 N–H and O–H groups in total. The van der Waals surface area contributed by atoms with E-state index in [-0.39, 0.29) is 0 Å². The predicted octanol–water partition coefficient (Wildman–Crippen LogP) is 3.41. The summed E-state index contributed by atoms with van der Waals surface area (Å²) in [7, 11) is 0. The van der Waals surface area contributed by atoms with Crippen LogP contribution in [0.1, 0.15) is 24.3 Å². The van der Waals surface area contributed by atoms with Crippen LogP contribution in [0.5, 0.6) is 0 Å². The second kappa shape index (κ2) is 9.06. The highest BCUT2D eigenvalue weighted by molar-refractivity contribution is 7.10. The van der Waals surface area contributed by atoms with Gasteiger partial charge in [0.1, 0.15) is 5.60 Å². The van der Waals surface area contributed by atoms with E-state index < -0.39 is 5.60 Å². The molecule has 24 heavy (non-hydrogen) atoms. The molecule has 0 saturated heterocycles. The number of thiophene rings is 1. The predicted molar refractivity (Wildman–Crippen MR) is 103 cm³/mol. The number of nitrogens with zero attached hydrogens (tertiary/aromatic N) is 1. The van der Waals surface area contributed by atoms with Gasteiger partial charge in [0.25, 0.3) is 0 Å². The maximum absolute atomic E-state index is 10.6. The van der Waals surface area contributed by atoms with Gasteiger partial charge in [-0.25, -0.2) is 4.99 Å². The first-order chi connectivity index (χ1) is 11.5. The van der Waals surface area contributed by atoms with Crippen molar-refractivity contribution in [3.8, 4) is 0 Å². The maximum atomic E-state index is 10.6. The molecule has 0 amide bonds. The van der Waals surface area contributed by atoms with E-state index in [0.717, 1.165) is 35.0 Å². The Morgan fingerprint density at radius 2 is 2.04 bits per heavy atom. The first kappa shape index (κ1) is 18.8. The molecule has 0 bridgehead atoms. The Labute approximate surface area is 152 Å². The average molecular weight is 366 g/mol. The number of aliphatic hydroxyl groups is 1. The van der Waals surface area contributed by atoms with Crippen molar-refractivity contribution in [1.82, 2.24) is 10.6 Å². The number of hydrogen-bond acceptors (Lipinski definition) is 3. The van der Waals surface area contributed by atoms with Gasteiger partial charge in [-0.3, -0.25) is 0 Å². The molecule has 0 aliphatic carbocycles. The summed E-state index contributed by atoms with van der Waals surface area (Å²) in [5.41, 5.74) is 0.146. The van der Waals surface area contributed by atoms with Crippen molar-refractivity contribution in [3.05, 3.63) is 57.2 Å². The van der Waals surface area contributed by atoms with E-state index in [9.17, 15) is 5.11 Å². The van der Waals surface area contributed by atoms with E-state index in [1.54, 1.807) is 6.92 Å². The molecule has 0 saturated carbocycles. The van der Waals surface area contributed by atoms with Gasteiger partial charge >= 0.3 is 0 Å². The number of benzene rings is 1. The number of rotatable bonds is 7. The van der Waals surface area contributed by atoms with E-state index in [1.165, 1.54) is 11.3 Å². The minimum atomic E-state index is -0.959. The molecule has 4 nitrogen and oxygen atoms in total. The third-order valence-corrected chi connectivity index (χ3v) is 5.08. The highest BCUT2D eigenvalue weighted by atomic mass is 35.5. The molecule has 0 spiro atoms. The summed E-state index contributed by atoms with van der Waals surface area (Å²) in [4.78, 5) is 5.43. The lowest BCUT2D eigenvalue weighted by molar-refractivity contribution is 0.0711. The molecule has 0 aliphatic heterocycles. The largest absolute Gasteiger partial charge is 0.383 e. The maximum Gasteiger partial charge on any atom is 0.191 e. The van der Waals surface area contributed by atoms with Gasteiger partial charge < -0.3 is 15.7 Å². The summed E-state index contributed by atoms with van der Waals surface area (Å²) in [6.45, 7) is 5.59. The monoisotopic (exact) mass is 365 g/mol. The van der Waals surface area contributed by atoms with Gasteiger partial charge in [0.2, 0.25) is 0 Å². The van der Waals surface area contributed by atoms with Crippen molar-refractivity contribution in [2.24, 2.45) is 4.99 Å². The molecular weight excluding hydrogens is 342 g/mol. The molecule has 1 heterocycles. The van der Waals surface area contributed by atoms with E-state index in [1.807, 2.05) is 48.7 Å². The van der Waals surface area contributed by atoms with Gasteiger partial charge in [-0.2, -0.15) is 0 Å². The van der Waals surface area contributed by atoms with Crippen molar-refractivity contribution < 1.29 is 5.11 Å². The molecule has 0 radical (unpaired) electrons. The standard InChI is InChI=1S/C18H24ClN3OS/c1-3-20-17(21-11-10-14-7-4-5-8-15(14)19)22-13-18(2,23)16-9-6-12-24-16/h4-9,12,23H,3,10-11,13H2,1-2H3,(H2,20,21,22). The van der Waals surface area contributed by atoms with Crippen LogP contribution in [0, 0.1) is 0 Å². The van der Waals surface area contributed by atoms with E-state index in [0.29, 0.717) is 12.5 Å². The Hall–Kier alpha value is -1.56. The quantitative estimate of drug-likeness (QED) is 0.520. The number of aliphatic imine (C=N–C) groups is 1. The van der Waals surface area contributed by atoms with Crippen LogP contribution in [0.25, 0.3) is 0 Å². The van der Waals surface area contributed by atoms with E-state index >= 15 is 0 Å². The minimum absolute atomic E-state index is 0.301. The number of hydrogen-bond donors (Lipinski definition) is 3. The van der Waals surface area contributed by atoms with E-state index in [4.69, 9.17) is 11.6 Å². The molecular formula is C18H24ClN3OS. The van der Waals surface area contributed by atoms with Gasteiger partial charge in [-0.1, -0.05) is 35.9 Å². The summed E-state index contributed by atoms with van der Waals surface area (Å²) in [5, 5.41) is 19.8. The molecule has 1 unspecified atom stereocenters. The lowest BCUT2D eigenvalue weighted by Gasteiger charge is -2.20. The number of guanidine groups is 1. The van der Waals surface area contributed by atoms with Crippen molar-refractivity contribution >= 4 is 28.9 Å². The Balaban J connectivity index is 1.92. The summed E-state index contributed by atoms with van der Waals surface area (Å²) in [6, 6.07) is 11.7. The zero-order chi connectivity index (χ0) is 17.4. The highest BCUT2D eigenvalue weighted by Gasteiger charge is 2.23. The van der Waals surface area contributed by atoms with Crippen LogP contribution in [0.4, 0.5) is 0 Å². The lowest BCUT2D eigenvalue weighted by Crippen LogP contribution is -2.39. The summed E-state index contributed by atoms with van der Waals surface area (Å²) < 4.78 is 0. The van der Waals surface area contributed by atoms with E-state index in [2.05, 4.69) is 15.6 Å². The SMILES string of the molecule is CCNC(=NCC(C)(O)c1cccs1)NCCc1ccccc1Cl. The molecule has 1 aromatic carbocycles. The fourth-order valence-corrected chi connectivity index (χ4v) is 3.26. The van der Waals surface area contributed by atoms with Crippen LogP contribution in [0.3, 0.4) is 0 Å². The zero-order valence-corrected chi connectivity index (χ0v) is 15.6. The smallest absolute Gasteiger partial charge is 0.191 e. The number of nitrogens with one attached hydrogen (secondary N) is 2. The summed E-state index contributed by atoms with van der Waals surface area (Å²) >= 11 is 7.71. The van der Waals surface area contributed by atoms with Crippen LogP contribution >= 0.6 is 22.9 Å². The Bertz CT molecular complexity index is 656. The summed E-state index contributed by atoms with van der Waals surface area (Å²) in [6.07, 6.45) is 0.811. The van der Waals surface area contributed by atoms with Crippen molar-refractivity contribution in [2.75, 3.05) is 19.6 Å². The molecule has 6 heteroatoms. The zero-order valence-electron chi connectivity index (χ0n) is 14.1. The molecule has 0 aliphatic rings. The van der Waals surface area contributed by atoms with Crippen molar-refractivity contribution in [2.45, 2.75) is 25.9 Å². The molecule has 1 atom stereocenters. The molecule has 0 fully saturated rings. The first-order valence-electron chi connectivity index (χ1n) is 8.05. The van der Waals surface area contributed by atoms with Crippen molar-refractivity contribution in [1.29, 1.82) is 0 Å². The normalized spacial score (nSPS) is 14.2. The first-order valence-corrected chi connectivity index (χ1v) is 9.30. The van der Waals surface area contributed by atoms with Gasteiger partial charge in [0.15, 0.2) is 5.96 Å². The lowest BCUT2D eigenvalue weighted by atomic mass is 10.1. The molecule has 2 rings (SSSR count). The average Bonchev–Trinajstić information content (AvgIpc) is 3.10.